The largest absolute Gasteiger partial charge is 0.488 e. The zero-order valence-corrected chi connectivity index (χ0v) is 14.2. The summed E-state index contributed by atoms with van der Waals surface area (Å²) in [5.74, 6) is 3.23. The Morgan fingerprint density at radius 2 is 2.32 bits per heavy atom. The molecule has 1 saturated heterocycles. The van der Waals surface area contributed by atoms with Gasteiger partial charge in [-0.05, 0) is 18.1 Å². The Hall–Kier alpha value is -1.36. The second-order valence-corrected chi connectivity index (χ2v) is 7.24. The summed E-state index contributed by atoms with van der Waals surface area (Å²) < 4.78 is 5.99. The summed E-state index contributed by atoms with van der Waals surface area (Å²) in [7, 11) is 1.87. The van der Waals surface area contributed by atoms with E-state index in [1.165, 1.54) is 17.7 Å². The van der Waals surface area contributed by atoms with Gasteiger partial charge in [0.2, 0.25) is 0 Å². The molecule has 2 aliphatic heterocycles. The molecule has 1 aromatic carbocycles. The Kier molecular flexibility index (Phi) is 5.13. The van der Waals surface area contributed by atoms with Crippen molar-refractivity contribution in [3.05, 3.63) is 29.8 Å². The van der Waals surface area contributed by atoms with Gasteiger partial charge in [0.05, 0.1) is 6.54 Å². The molecule has 2 heterocycles. The van der Waals surface area contributed by atoms with Crippen molar-refractivity contribution >= 4 is 17.7 Å². The summed E-state index contributed by atoms with van der Waals surface area (Å²) >= 11 is 2.08. The molecule has 1 N–H and O–H groups in total. The van der Waals surface area contributed by atoms with Gasteiger partial charge < -0.3 is 15.0 Å². The van der Waals surface area contributed by atoms with E-state index in [4.69, 9.17) is 4.74 Å². The highest BCUT2D eigenvalue weighted by atomic mass is 32.2. The monoisotopic (exact) mass is 319 g/mol. The smallest absolute Gasteiger partial charge is 0.193 e. The molecule has 0 aromatic heterocycles. The Morgan fingerprint density at radius 3 is 3.09 bits per heavy atom. The van der Waals surface area contributed by atoms with Gasteiger partial charge >= 0.3 is 0 Å². The molecule has 0 saturated carbocycles. The number of thioether (sulfide) groups is 1. The molecule has 0 amide bonds. The van der Waals surface area contributed by atoms with E-state index in [9.17, 15) is 0 Å². The SMILES string of the molecule is CCC1CN(C(=NC)NCC2Cc3ccccc3O2)CCS1. The molecule has 1 aromatic rings. The second-order valence-electron chi connectivity index (χ2n) is 5.83. The number of ether oxygens (including phenoxy) is 1. The van der Waals surface area contributed by atoms with Crippen LogP contribution in [0, 0.1) is 0 Å². The summed E-state index contributed by atoms with van der Waals surface area (Å²) in [6.45, 7) is 5.24. The summed E-state index contributed by atoms with van der Waals surface area (Å²) in [6, 6.07) is 8.31. The minimum absolute atomic E-state index is 0.204. The highest BCUT2D eigenvalue weighted by molar-refractivity contribution is 8.00. The molecule has 0 bridgehead atoms. The van der Waals surface area contributed by atoms with Gasteiger partial charge in [-0.25, -0.2) is 0 Å². The molecule has 1 fully saturated rings. The van der Waals surface area contributed by atoms with Gasteiger partial charge in [0, 0.05) is 37.6 Å². The summed E-state index contributed by atoms with van der Waals surface area (Å²) in [5, 5.41) is 4.22. The van der Waals surface area contributed by atoms with Crippen LogP contribution in [-0.2, 0) is 6.42 Å². The first-order chi connectivity index (χ1) is 10.8. The molecule has 2 atom stereocenters. The number of nitrogens with zero attached hydrogens (tertiary/aromatic N) is 2. The number of guanidine groups is 1. The van der Waals surface area contributed by atoms with Crippen LogP contribution in [0.5, 0.6) is 5.75 Å². The lowest BCUT2D eigenvalue weighted by Crippen LogP contribution is -2.49. The van der Waals surface area contributed by atoms with Gasteiger partial charge in [-0.1, -0.05) is 25.1 Å². The first kappa shape index (κ1) is 15.5. The van der Waals surface area contributed by atoms with E-state index >= 15 is 0 Å². The number of benzene rings is 1. The molecule has 4 nitrogen and oxygen atoms in total. The van der Waals surface area contributed by atoms with Crippen LogP contribution in [0.25, 0.3) is 0 Å². The van der Waals surface area contributed by atoms with Crippen molar-refractivity contribution in [2.24, 2.45) is 4.99 Å². The molecule has 0 spiro atoms. The van der Waals surface area contributed by atoms with Gasteiger partial charge in [0.15, 0.2) is 5.96 Å². The number of para-hydroxylation sites is 1. The standard InChI is InChI=1S/C17H25N3OS/c1-3-15-12-20(8-9-22-15)17(18-2)19-11-14-10-13-6-4-5-7-16(13)21-14/h4-7,14-15H,3,8-12H2,1-2H3,(H,18,19). The number of nitrogens with one attached hydrogen (secondary N) is 1. The van der Waals surface area contributed by atoms with Crippen molar-refractivity contribution in [3.63, 3.8) is 0 Å². The molecular weight excluding hydrogens is 294 g/mol. The van der Waals surface area contributed by atoms with E-state index in [2.05, 4.69) is 52.1 Å². The topological polar surface area (TPSA) is 36.9 Å². The molecule has 120 valence electrons. The molecule has 2 unspecified atom stereocenters. The maximum atomic E-state index is 5.99. The van der Waals surface area contributed by atoms with Crippen molar-refractivity contribution in [1.29, 1.82) is 0 Å². The lowest BCUT2D eigenvalue weighted by Gasteiger charge is -2.34. The van der Waals surface area contributed by atoms with Crippen LogP contribution in [0.4, 0.5) is 0 Å². The van der Waals surface area contributed by atoms with E-state index in [1.54, 1.807) is 0 Å². The van der Waals surface area contributed by atoms with E-state index in [-0.39, 0.29) is 6.10 Å². The van der Waals surface area contributed by atoms with Gasteiger partial charge in [-0.2, -0.15) is 11.8 Å². The second kappa shape index (κ2) is 7.27. The molecule has 2 aliphatic rings. The lowest BCUT2D eigenvalue weighted by molar-refractivity contribution is 0.232. The fraction of sp³-hybridized carbons (Fsp3) is 0.588. The third-order valence-electron chi connectivity index (χ3n) is 4.31. The predicted octanol–water partition coefficient (Wildman–Crippen LogP) is 2.39. The summed E-state index contributed by atoms with van der Waals surface area (Å²) in [6.07, 6.45) is 2.41. The Labute approximate surface area is 137 Å². The highest BCUT2D eigenvalue weighted by Gasteiger charge is 2.25. The van der Waals surface area contributed by atoms with Crippen molar-refractivity contribution < 1.29 is 4.74 Å². The Morgan fingerprint density at radius 1 is 1.45 bits per heavy atom. The average molecular weight is 319 g/mol. The van der Waals surface area contributed by atoms with Crippen molar-refractivity contribution in [2.75, 3.05) is 32.4 Å². The first-order valence-corrected chi connectivity index (χ1v) is 9.16. The normalized spacial score (nSPS) is 24.8. The van der Waals surface area contributed by atoms with Crippen molar-refractivity contribution in [3.8, 4) is 5.75 Å². The van der Waals surface area contributed by atoms with Crippen molar-refractivity contribution in [2.45, 2.75) is 31.1 Å². The van der Waals surface area contributed by atoms with Crippen LogP contribution < -0.4 is 10.1 Å². The van der Waals surface area contributed by atoms with Gasteiger partial charge in [-0.3, -0.25) is 4.99 Å². The summed E-state index contributed by atoms with van der Waals surface area (Å²) in [4.78, 5) is 6.84. The molecule has 5 heteroatoms. The molecule has 22 heavy (non-hydrogen) atoms. The minimum atomic E-state index is 0.204. The van der Waals surface area contributed by atoms with E-state index < -0.39 is 0 Å². The van der Waals surface area contributed by atoms with E-state index in [1.807, 2.05) is 13.1 Å². The number of aliphatic imine (C=N–C) groups is 1. The number of fused-ring (bicyclic) bond motifs is 1. The van der Waals surface area contributed by atoms with Crippen LogP contribution in [0.3, 0.4) is 0 Å². The lowest BCUT2D eigenvalue weighted by atomic mass is 10.1. The van der Waals surface area contributed by atoms with Crippen LogP contribution in [0.2, 0.25) is 0 Å². The average Bonchev–Trinajstić information content (AvgIpc) is 2.98. The minimum Gasteiger partial charge on any atom is -0.488 e. The fourth-order valence-corrected chi connectivity index (χ4v) is 4.24. The quantitative estimate of drug-likeness (QED) is 0.686. The zero-order chi connectivity index (χ0) is 15.4. The third-order valence-corrected chi connectivity index (χ3v) is 5.68. The Balaban J connectivity index is 1.52. The highest BCUT2D eigenvalue weighted by Crippen LogP contribution is 2.27. The summed E-state index contributed by atoms with van der Waals surface area (Å²) in [5.41, 5.74) is 1.31. The maximum Gasteiger partial charge on any atom is 0.193 e. The number of hydrogen-bond donors (Lipinski definition) is 1. The number of hydrogen-bond acceptors (Lipinski definition) is 3. The van der Waals surface area contributed by atoms with E-state index in [0.717, 1.165) is 43.0 Å². The van der Waals surface area contributed by atoms with Crippen LogP contribution in [-0.4, -0.2) is 54.6 Å². The van der Waals surface area contributed by atoms with Gasteiger partial charge in [0.1, 0.15) is 11.9 Å². The molecule has 0 aliphatic carbocycles. The zero-order valence-electron chi connectivity index (χ0n) is 13.4. The van der Waals surface area contributed by atoms with Gasteiger partial charge in [-0.15, -0.1) is 0 Å². The van der Waals surface area contributed by atoms with Crippen LogP contribution in [0.15, 0.2) is 29.3 Å². The van der Waals surface area contributed by atoms with Crippen LogP contribution in [0.1, 0.15) is 18.9 Å². The maximum absolute atomic E-state index is 5.99. The van der Waals surface area contributed by atoms with Crippen LogP contribution >= 0.6 is 11.8 Å². The third kappa shape index (κ3) is 3.51. The van der Waals surface area contributed by atoms with E-state index in [0.29, 0.717) is 0 Å². The molecule has 0 radical (unpaired) electrons. The van der Waals surface area contributed by atoms with Crippen molar-refractivity contribution in [1.82, 2.24) is 10.2 Å². The predicted molar refractivity (Wildman–Crippen MR) is 94.0 cm³/mol. The molecule has 3 rings (SSSR count). The first-order valence-electron chi connectivity index (χ1n) is 8.12. The van der Waals surface area contributed by atoms with Gasteiger partial charge in [0.25, 0.3) is 0 Å². The fourth-order valence-electron chi connectivity index (χ4n) is 3.06. The Bertz CT molecular complexity index is 509. The molecular formula is C17H25N3OS. The number of rotatable bonds is 3.